The summed E-state index contributed by atoms with van der Waals surface area (Å²) in [6.07, 6.45) is 4.90. The molecule has 3 unspecified atom stereocenters. The van der Waals surface area contributed by atoms with Crippen LogP contribution in [0.15, 0.2) is 12.1 Å². The van der Waals surface area contributed by atoms with Crippen LogP contribution < -0.4 is 4.90 Å². The van der Waals surface area contributed by atoms with E-state index < -0.39 is 0 Å². The van der Waals surface area contributed by atoms with Crippen LogP contribution in [0.4, 0.5) is 5.82 Å². The predicted octanol–water partition coefficient (Wildman–Crippen LogP) is 1.52. The summed E-state index contributed by atoms with van der Waals surface area (Å²) >= 11 is 0. The van der Waals surface area contributed by atoms with Crippen molar-refractivity contribution in [1.29, 1.82) is 0 Å². The Kier molecular flexibility index (Phi) is 3.43. The number of hydrogen-bond donors (Lipinski definition) is 0. The highest BCUT2D eigenvalue weighted by Crippen LogP contribution is 2.38. The van der Waals surface area contributed by atoms with Gasteiger partial charge in [0.05, 0.1) is 5.92 Å². The van der Waals surface area contributed by atoms with E-state index in [0.29, 0.717) is 5.91 Å². The zero-order valence-electron chi connectivity index (χ0n) is 14.6. The lowest BCUT2D eigenvalue weighted by Gasteiger charge is -2.22. The standard InChI is InChI=1S/C18H24N6O/c1-12-19-20-16-5-6-17(21-24(12)16)22-8-7-15(11-22)18(25)23-9-13-3-2-4-14(13)10-23/h5-6,13-15H,2-4,7-11H2,1H3. The Bertz CT molecular complexity index is 805. The van der Waals surface area contributed by atoms with Crippen LogP contribution in [0.1, 0.15) is 31.5 Å². The van der Waals surface area contributed by atoms with E-state index in [0.717, 1.165) is 61.7 Å². The van der Waals surface area contributed by atoms with Crippen LogP contribution in [0.2, 0.25) is 0 Å². The quantitative estimate of drug-likeness (QED) is 0.829. The minimum atomic E-state index is 0.110. The Labute approximate surface area is 147 Å². The van der Waals surface area contributed by atoms with E-state index in [2.05, 4.69) is 25.1 Å². The third-order valence-corrected chi connectivity index (χ3v) is 6.30. The molecular weight excluding hydrogens is 316 g/mol. The molecule has 0 radical (unpaired) electrons. The smallest absolute Gasteiger partial charge is 0.227 e. The summed E-state index contributed by atoms with van der Waals surface area (Å²) in [6, 6.07) is 3.93. The minimum Gasteiger partial charge on any atom is -0.354 e. The van der Waals surface area contributed by atoms with Gasteiger partial charge in [-0.3, -0.25) is 4.79 Å². The van der Waals surface area contributed by atoms with Crippen LogP contribution in [0.5, 0.6) is 0 Å². The van der Waals surface area contributed by atoms with Crippen molar-refractivity contribution in [2.24, 2.45) is 17.8 Å². The number of rotatable bonds is 2. The van der Waals surface area contributed by atoms with Gasteiger partial charge in [-0.2, -0.15) is 4.52 Å². The van der Waals surface area contributed by atoms with Crippen molar-refractivity contribution >= 4 is 17.4 Å². The number of amides is 1. The first-order valence-corrected chi connectivity index (χ1v) is 9.42. The van der Waals surface area contributed by atoms with Crippen molar-refractivity contribution in [3.8, 4) is 0 Å². The maximum absolute atomic E-state index is 12.9. The van der Waals surface area contributed by atoms with Crippen molar-refractivity contribution in [1.82, 2.24) is 24.7 Å². The van der Waals surface area contributed by atoms with Gasteiger partial charge in [0.1, 0.15) is 5.82 Å². The van der Waals surface area contributed by atoms with Gasteiger partial charge in [0.15, 0.2) is 11.5 Å². The lowest BCUT2D eigenvalue weighted by atomic mass is 10.0. The van der Waals surface area contributed by atoms with Gasteiger partial charge >= 0.3 is 0 Å². The molecule has 1 amide bonds. The number of aryl methyl sites for hydroxylation is 1. The van der Waals surface area contributed by atoms with Crippen LogP contribution in [0.3, 0.4) is 0 Å². The predicted molar refractivity (Wildman–Crippen MR) is 93.3 cm³/mol. The van der Waals surface area contributed by atoms with Gasteiger partial charge in [0, 0.05) is 26.2 Å². The lowest BCUT2D eigenvalue weighted by molar-refractivity contribution is -0.134. The van der Waals surface area contributed by atoms with Crippen molar-refractivity contribution < 1.29 is 4.79 Å². The molecule has 1 aliphatic carbocycles. The van der Waals surface area contributed by atoms with E-state index in [1.165, 1.54) is 19.3 Å². The second kappa shape index (κ2) is 5.68. The number of carbonyl (C=O) groups excluding carboxylic acids is 1. The summed E-state index contributed by atoms with van der Waals surface area (Å²) in [5.74, 6) is 3.69. The van der Waals surface area contributed by atoms with Crippen LogP contribution in [0.25, 0.3) is 5.65 Å². The molecule has 2 aliphatic heterocycles. The summed E-state index contributed by atoms with van der Waals surface area (Å²) in [5.41, 5.74) is 0.761. The SMILES string of the molecule is Cc1nnc2ccc(N3CCC(C(=O)N4CC5CCCC5C4)C3)nn12. The summed E-state index contributed by atoms with van der Waals surface area (Å²) in [5, 5.41) is 12.8. The molecule has 4 heterocycles. The highest BCUT2D eigenvalue weighted by molar-refractivity contribution is 5.80. The Morgan fingerprint density at radius 3 is 2.68 bits per heavy atom. The molecule has 7 heteroatoms. The number of aromatic nitrogens is 4. The summed E-state index contributed by atoms with van der Waals surface area (Å²) in [7, 11) is 0. The average molecular weight is 340 g/mol. The monoisotopic (exact) mass is 340 g/mol. The van der Waals surface area contributed by atoms with Gasteiger partial charge in [-0.1, -0.05) is 6.42 Å². The van der Waals surface area contributed by atoms with Gasteiger partial charge in [-0.25, -0.2) is 0 Å². The third-order valence-electron chi connectivity index (χ3n) is 6.30. The zero-order valence-corrected chi connectivity index (χ0v) is 14.6. The van der Waals surface area contributed by atoms with Gasteiger partial charge in [0.2, 0.25) is 5.91 Å². The summed E-state index contributed by atoms with van der Waals surface area (Å²) in [4.78, 5) is 17.3. The number of carbonyl (C=O) groups is 1. The molecule has 2 aromatic heterocycles. The fraction of sp³-hybridized carbons (Fsp3) is 0.667. The van der Waals surface area contributed by atoms with Crippen molar-refractivity contribution in [2.75, 3.05) is 31.1 Å². The fourth-order valence-electron chi connectivity index (χ4n) is 4.90. The van der Waals surface area contributed by atoms with E-state index in [4.69, 9.17) is 0 Å². The van der Waals surface area contributed by atoms with Gasteiger partial charge < -0.3 is 9.80 Å². The Balaban J connectivity index is 1.28. The van der Waals surface area contributed by atoms with Crippen molar-refractivity contribution in [3.63, 3.8) is 0 Å². The molecule has 3 aliphatic rings. The van der Waals surface area contributed by atoms with E-state index >= 15 is 0 Å². The molecule has 0 spiro atoms. The number of nitrogens with zero attached hydrogens (tertiary/aromatic N) is 6. The highest BCUT2D eigenvalue weighted by Gasteiger charge is 2.41. The fourth-order valence-corrected chi connectivity index (χ4v) is 4.90. The van der Waals surface area contributed by atoms with Gasteiger partial charge in [-0.15, -0.1) is 15.3 Å². The van der Waals surface area contributed by atoms with Crippen molar-refractivity contribution in [2.45, 2.75) is 32.6 Å². The van der Waals surface area contributed by atoms with E-state index in [9.17, 15) is 4.79 Å². The maximum atomic E-state index is 12.9. The molecule has 2 aromatic rings. The number of anilines is 1. The first kappa shape index (κ1) is 15.1. The normalized spacial score (nSPS) is 28.9. The second-order valence-corrected chi connectivity index (χ2v) is 7.83. The molecule has 5 rings (SSSR count). The molecule has 3 fully saturated rings. The zero-order chi connectivity index (χ0) is 17.0. The molecule has 1 saturated carbocycles. The Hall–Kier alpha value is -2.18. The first-order valence-electron chi connectivity index (χ1n) is 9.42. The number of likely N-dealkylation sites (tertiary alicyclic amines) is 1. The summed E-state index contributed by atoms with van der Waals surface area (Å²) < 4.78 is 1.77. The molecule has 2 saturated heterocycles. The summed E-state index contributed by atoms with van der Waals surface area (Å²) in [6.45, 7) is 5.53. The van der Waals surface area contributed by atoms with E-state index in [1.807, 2.05) is 19.1 Å². The van der Waals surface area contributed by atoms with Crippen LogP contribution in [0, 0.1) is 24.7 Å². The average Bonchev–Trinajstić information content (AvgIpc) is 3.37. The van der Waals surface area contributed by atoms with E-state index in [1.54, 1.807) is 4.52 Å². The van der Waals surface area contributed by atoms with Crippen molar-refractivity contribution in [3.05, 3.63) is 18.0 Å². The van der Waals surface area contributed by atoms with Gasteiger partial charge in [-0.05, 0) is 50.2 Å². The topological polar surface area (TPSA) is 66.6 Å². The second-order valence-electron chi connectivity index (χ2n) is 7.83. The first-order chi connectivity index (χ1) is 12.2. The molecule has 7 nitrogen and oxygen atoms in total. The van der Waals surface area contributed by atoms with E-state index in [-0.39, 0.29) is 5.92 Å². The number of fused-ring (bicyclic) bond motifs is 2. The number of hydrogen-bond acceptors (Lipinski definition) is 5. The molecule has 25 heavy (non-hydrogen) atoms. The molecule has 0 aromatic carbocycles. The Morgan fingerprint density at radius 1 is 1.08 bits per heavy atom. The largest absolute Gasteiger partial charge is 0.354 e. The lowest BCUT2D eigenvalue weighted by Crippen LogP contribution is -2.36. The van der Waals surface area contributed by atoms with Gasteiger partial charge in [0.25, 0.3) is 0 Å². The molecule has 132 valence electrons. The third kappa shape index (κ3) is 2.48. The minimum absolute atomic E-state index is 0.110. The van der Waals surface area contributed by atoms with Crippen LogP contribution in [-0.2, 0) is 4.79 Å². The maximum Gasteiger partial charge on any atom is 0.227 e. The molecule has 0 bridgehead atoms. The highest BCUT2D eigenvalue weighted by atomic mass is 16.2. The molecule has 3 atom stereocenters. The molecular formula is C18H24N6O. The van der Waals surface area contributed by atoms with Crippen LogP contribution in [-0.4, -0.2) is 56.8 Å². The van der Waals surface area contributed by atoms with Crippen LogP contribution >= 0.6 is 0 Å². The Morgan fingerprint density at radius 2 is 1.88 bits per heavy atom. The molecule has 0 N–H and O–H groups in total.